The topological polar surface area (TPSA) is 0 Å². The second-order valence-corrected chi connectivity index (χ2v) is 3.21. The Morgan fingerprint density at radius 1 is 0.750 bits per heavy atom. The Kier molecular flexibility index (Phi) is 10.6. The zero-order chi connectivity index (χ0) is 7.40. The summed E-state index contributed by atoms with van der Waals surface area (Å²) in [7, 11) is 0. The molecule has 70 valence electrons. The normalized spacial score (nSPS) is 8.17. The Labute approximate surface area is 102 Å². The van der Waals surface area contributed by atoms with Crippen molar-refractivity contribution in [2.75, 3.05) is 0 Å². The first-order chi connectivity index (χ1) is 4.86. The highest BCUT2D eigenvalue weighted by atomic mass is 79.9. The van der Waals surface area contributed by atoms with Gasteiger partial charge in [0.25, 0.3) is 0 Å². The number of benzene rings is 1. The highest BCUT2D eigenvalue weighted by Crippen LogP contribution is 2.09. The van der Waals surface area contributed by atoms with Crippen LogP contribution in [0.4, 0.5) is 0 Å². The Balaban J connectivity index is 0. The minimum atomic E-state index is 0. The lowest BCUT2D eigenvalue weighted by molar-refractivity contribution is 1.36. The van der Waals surface area contributed by atoms with Crippen molar-refractivity contribution in [1.29, 1.82) is 0 Å². The van der Waals surface area contributed by atoms with E-state index in [0.717, 1.165) is 10.7 Å². The molecule has 0 amide bonds. The SMILES string of the molecule is BrCc1ccc(CBr)cc1.Cl.Cl. The van der Waals surface area contributed by atoms with Crippen molar-refractivity contribution in [2.45, 2.75) is 10.7 Å². The van der Waals surface area contributed by atoms with Gasteiger partial charge in [-0.15, -0.1) is 24.8 Å². The van der Waals surface area contributed by atoms with E-state index in [1.54, 1.807) is 0 Å². The van der Waals surface area contributed by atoms with E-state index < -0.39 is 0 Å². The van der Waals surface area contributed by atoms with Crippen LogP contribution in [0.15, 0.2) is 24.3 Å². The van der Waals surface area contributed by atoms with Gasteiger partial charge in [-0.1, -0.05) is 56.1 Å². The molecule has 4 heteroatoms. The maximum absolute atomic E-state index is 3.39. The molecule has 12 heavy (non-hydrogen) atoms. The van der Waals surface area contributed by atoms with Gasteiger partial charge in [0.2, 0.25) is 0 Å². The molecular formula is C8H10Br2Cl2. The van der Waals surface area contributed by atoms with Crippen molar-refractivity contribution >= 4 is 56.7 Å². The van der Waals surface area contributed by atoms with E-state index in [9.17, 15) is 0 Å². The molecule has 0 atom stereocenters. The number of halogens is 4. The molecule has 0 aliphatic rings. The Morgan fingerprint density at radius 2 is 1.00 bits per heavy atom. The zero-order valence-electron chi connectivity index (χ0n) is 6.30. The van der Waals surface area contributed by atoms with Crippen LogP contribution in [-0.2, 0) is 10.7 Å². The lowest BCUT2D eigenvalue weighted by Gasteiger charge is -1.96. The summed E-state index contributed by atoms with van der Waals surface area (Å²) in [6.07, 6.45) is 0. The average molecular weight is 337 g/mol. The smallest absolute Gasteiger partial charge is 0.0283 e. The predicted molar refractivity (Wildman–Crippen MR) is 66.2 cm³/mol. The summed E-state index contributed by atoms with van der Waals surface area (Å²) in [4.78, 5) is 0. The van der Waals surface area contributed by atoms with Gasteiger partial charge in [0, 0.05) is 10.7 Å². The van der Waals surface area contributed by atoms with Gasteiger partial charge in [-0.2, -0.15) is 0 Å². The molecule has 1 aromatic rings. The molecule has 0 spiro atoms. The number of hydrogen-bond acceptors (Lipinski definition) is 0. The van der Waals surface area contributed by atoms with Crippen LogP contribution >= 0.6 is 56.7 Å². The lowest BCUT2D eigenvalue weighted by atomic mass is 10.2. The van der Waals surface area contributed by atoms with E-state index in [2.05, 4.69) is 56.1 Å². The van der Waals surface area contributed by atoms with Gasteiger partial charge in [0.1, 0.15) is 0 Å². The fourth-order valence-electron chi connectivity index (χ4n) is 0.717. The number of hydrogen-bond donors (Lipinski definition) is 0. The highest BCUT2D eigenvalue weighted by molar-refractivity contribution is 9.08. The average Bonchev–Trinajstić information content (AvgIpc) is 2.05. The van der Waals surface area contributed by atoms with E-state index in [1.165, 1.54) is 11.1 Å². The second kappa shape index (κ2) is 8.36. The summed E-state index contributed by atoms with van der Waals surface area (Å²) in [5.41, 5.74) is 2.65. The summed E-state index contributed by atoms with van der Waals surface area (Å²) >= 11 is 6.78. The summed E-state index contributed by atoms with van der Waals surface area (Å²) in [5.74, 6) is 0. The van der Waals surface area contributed by atoms with Crippen LogP contribution in [0.2, 0.25) is 0 Å². The second-order valence-electron chi connectivity index (χ2n) is 2.08. The molecule has 0 aliphatic heterocycles. The van der Waals surface area contributed by atoms with E-state index in [0.29, 0.717) is 0 Å². The molecule has 0 bridgehead atoms. The van der Waals surface area contributed by atoms with Crippen LogP contribution in [0.1, 0.15) is 11.1 Å². The van der Waals surface area contributed by atoms with Gasteiger partial charge in [0.05, 0.1) is 0 Å². The van der Waals surface area contributed by atoms with Gasteiger partial charge in [0.15, 0.2) is 0 Å². The Hall–Kier alpha value is 0.760. The van der Waals surface area contributed by atoms with Gasteiger partial charge < -0.3 is 0 Å². The molecule has 1 aromatic carbocycles. The summed E-state index contributed by atoms with van der Waals surface area (Å²) < 4.78 is 0. The molecule has 0 nitrogen and oxygen atoms in total. The molecule has 0 fully saturated rings. The first kappa shape index (κ1) is 15.2. The maximum Gasteiger partial charge on any atom is 0.0283 e. The third kappa shape index (κ3) is 4.70. The molecule has 0 saturated carbocycles. The standard InChI is InChI=1S/C8H8Br2.2ClH/c9-5-7-1-2-8(6-10)4-3-7;;/h1-4H,5-6H2;2*1H. The fourth-order valence-corrected chi connectivity index (χ4v) is 1.47. The summed E-state index contributed by atoms with van der Waals surface area (Å²) in [6, 6.07) is 8.52. The molecule has 0 saturated heterocycles. The van der Waals surface area contributed by atoms with Crippen LogP contribution in [0.25, 0.3) is 0 Å². The van der Waals surface area contributed by atoms with Crippen LogP contribution in [-0.4, -0.2) is 0 Å². The quantitative estimate of drug-likeness (QED) is 0.706. The van der Waals surface area contributed by atoms with Crippen LogP contribution in [0, 0.1) is 0 Å². The molecule has 1 rings (SSSR count). The maximum atomic E-state index is 3.39. The van der Waals surface area contributed by atoms with Crippen LogP contribution in [0.5, 0.6) is 0 Å². The zero-order valence-corrected chi connectivity index (χ0v) is 11.1. The van der Waals surface area contributed by atoms with Crippen molar-refractivity contribution in [3.63, 3.8) is 0 Å². The Bertz CT molecular complexity index is 176. The van der Waals surface area contributed by atoms with E-state index in [-0.39, 0.29) is 24.8 Å². The summed E-state index contributed by atoms with van der Waals surface area (Å²) in [6.45, 7) is 0. The van der Waals surface area contributed by atoms with Gasteiger partial charge in [-0.05, 0) is 11.1 Å². The first-order valence-electron chi connectivity index (χ1n) is 3.06. The molecule has 0 aliphatic carbocycles. The van der Waals surface area contributed by atoms with Crippen molar-refractivity contribution < 1.29 is 0 Å². The van der Waals surface area contributed by atoms with Gasteiger partial charge in [-0.25, -0.2) is 0 Å². The van der Waals surface area contributed by atoms with Crippen molar-refractivity contribution in [3.05, 3.63) is 35.4 Å². The molecule has 0 radical (unpaired) electrons. The first-order valence-corrected chi connectivity index (χ1v) is 5.31. The van der Waals surface area contributed by atoms with Crippen molar-refractivity contribution in [3.8, 4) is 0 Å². The third-order valence-corrected chi connectivity index (χ3v) is 2.63. The van der Waals surface area contributed by atoms with Crippen molar-refractivity contribution in [2.24, 2.45) is 0 Å². The molecule has 0 unspecified atom stereocenters. The van der Waals surface area contributed by atoms with E-state index in [1.807, 2.05) is 0 Å². The molecular weight excluding hydrogens is 327 g/mol. The van der Waals surface area contributed by atoms with Gasteiger partial charge in [-0.3, -0.25) is 0 Å². The number of rotatable bonds is 2. The van der Waals surface area contributed by atoms with Crippen LogP contribution < -0.4 is 0 Å². The predicted octanol–water partition coefficient (Wildman–Crippen LogP) is 4.32. The highest BCUT2D eigenvalue weighted by Gasteiger charge is 1.89. The van der Waals surface area contributed by atoms with Crippen molar-refractivity contribution in [1.82, 2.24) is 0 Å². The lowest BCUT2D eigenvalue weighted by Crippen LogP contribution is -1.78. The Morgan fingerprint density at radius 3 is 1.17 bits per heavy atom. The number of alkyl halides is 2. The van der Waals surface area contributed by atoms with Crippen LogP contribution in [0.3, 0.4) is 0 Å². The minimum absolute atomic E-state index is 0. The molecule has 0 aromatic heterocycles. The van der Waals surface area contributed by atoms with E-state index in [4.69, 9.17) is 0 Å². The monoisotopic (exact) mass is 334 g/mol. The van der Waals surface area contributed by atoms with Gasteiger partial charge >= 0.3 is 0 Å². The molecule has 0 heterocycles. The minimum Gasteiger partial charge on any atom is -0.147 e. The largest absolute Gasteiger partial charge is 0.147 e. The third-order valence-electron chi connectivity index (χ3n) is 1.33. The molecule has 0 N–H and O–H groups in total. The van der Waals surface area contributed by atoms with E-state index >= 15 is 0 Å². The summed E-state index contributed by atoms with van der Waals surface area (Å²) in [5, 5.41) is 1.88. The fraction of sp³-hybridized carbons (Fsp3) is 0.250.